The first-order chi connectivity index (χ1) is 13.6. The molecule has 4 nitrogen and oxygen atoms in total. The molecule has 0 atom stereocenters. The van der Waals surface area contributed by atoms with E-state index in [4.69, 9.17) is 0 Å². The molecule has 0 saturated heterocycles. The van der Waals surface area contributed by atoms with Gasteiger partial charge in [-0.2, -0.15) is 0 Å². The molecule has 28 heavy (non-hydrogen) atoms. The minimum absolute atomic E-state index is 0.316. The summed E-state index contributed by atoms with van der Waals surface area (Å²) in [5.41, 5.74) is 7.27. The topological polar surface area (TPSA) is 58.2 Å². The zero-order chi connectivity index (χ0) is 19.9. The number of halogens is 1. The summed E-state index contributed by atoms with van der Waals surface area (Å²) in [4.78, 5) is 24.4. The molecule has 2 aromatic rings. The van der Waals surface area contributed by atoms with Crippen LogP contribution < -0.4 is 10.9 Å². The predicted molar refractivity (Wildman–Crippen MR) is 115 cm³/mol. The summed E-state index contributed by atoms with van der Waals surface area (Å²) >= 11 is 3.33. The second-order valence-electron chi connectivity index (χ2n) is 7.54. The van der Waals surface area contributed by atoms with E-state index in [0.717, 1.165) is 10.4 Å². The number of hydrogen-bond donors (Lipinski definition) is 2. The molecule has 148 valence electrons. The van der Waals surface area contributed by atoms with Gasteiger partial charge in [0.25, 0.3) is 11.8 Å². The van der Waals surface area contributed by atoms with Crippen molar-refractivity contribution in [3.05, 3.63) is 69.7 Å². The fourth-order valence-corrected chi connectivity index (χ4v) is 4.22. The SMILES string of the molecule is CCCC1CCC(c2ccc(C(=O)NNC(=O)c3ccc(Br)cc3)cc2)CC1. The van der Waals surface area contributed by atoms with E-state index in [9.17, 15) is 9.59 Å². The number of nitrogens with one attached hydrogen (secondary N) is 2. The van der Waals surface area contributed by atoms with Crippen LogP contribution in [-0.2, 0) is 0 Å². The quantitative estimate of drug-likeness (QED) is 0.592. The Bertz CT molecular complexity index is 794. The van der Waals surface area contributed by atoms with E-state index < -0.39 is 0 Å². The van der Waals surface area contributed by atoms with E-state index in [2.05, 4.69) is 45.8 Å². The summed E-state index contributed by atoms with van der Waals surface area (Å²) in [5.74, 6) is 0.827. The van der Waals surface area contributed by atoms with Crippen molar-refractivity contribution in [2.24, 2.45) is 5.92 Å². The van der Waals surface area contributed by atoms with Crippen molar-refractivity contribution < 1.29 is 9.59 Å². The maximum Gasteiger partial charge on any atom is 0.269 e. The Hall–Kier alpha value is -2.14. The molecular formula is C23H27BrN2O2. The van der Waals surface area contributed by atoms with Gasteiger partial charge in [0.05, 0.1) is 0 Å². The number of hydrazine groups is 1. The number of amides is 2. The third-order valence-electron chi connectivity index (χ3n) is 5.58. The lowest BCUT2D eigenvalue weighted by molar-refractivity contribution is 0.0846. The molecule has 0 heterocycles. The summed E-state index contributed by atoms with van der Waals surface area (Å²) in [6.45, 7) is 2.26. The van der Waals surface area contributed by atoms with Gasteiger partial charge in [-0.15, -0.1) is 0 Å². The highest BCUT2D eigenvalue weighted by atomic mass is 79.9. The molecule has 1 fully saturated rings. The van der Waals surface area contributed by atoms with Crippen LogP contribution in [0.1, 0.15) is 77.6 Å². The van der Waals surface area contributed by atoms with Crippen LogP contribution in [0.25, 0.3) is 0 Å². The molecule has 0 aliphatic heterocycles. The van der Waals surface area contributed by atoms with Gasteiger partial charge in [-0.3, -0.25) is 20.4 Å². The Morgan fingerprint density at radius 2 is 1.36 bits per heavy atom. The Balaban J connectivity index is 1.51. The number of benzene rings is 2. The van der Waals surface area contributed by atoms with Crippen LogP contribution in [0.5, 0.6) is 0 Å². The smallest absolute Gasteiger partial charge is 0.267 e. The maximum absolute atomic E-state index is 12.3. The predicted octanol–water partition coefficient (Wildman–Crippen LogP) is 5.60. The molecule has 1 saturated carbocycles. The van der Waals surface area contributed by atoms with Crippen LogP contribution in [0.3, 0.4) is 0 Å². The van der Waals surface area contributed by atoms with Gasteiger partial charge in [0.15, 0.2) is 0 Å². The zero-order valence-corrected chi connectivity index (χ0v) is 17.8. The first-order valence-corrected chi connectivity index (χ1v) is 10.8. The van der Waals surface area contributed by atoms with E-state index in [-0.39, 0.29) is 11.8 Å². The molecule has 3 rings (SSSR count). The van der Waals surface area contributed by atoms with Gasteiger partial charge in [0.2, 0.25) is 0 Å². The molecule has 2 aromatic carbocycles. The highest BCUT2D eigenvalue weighted by Gasteiger charge is 2.22. The fraction of sp³-hybridized carbons (Fsp3) is 0.391. The lowest BCUT2D eigenvalue weighted by atomic mass is 9.77. The van der Waals surface area contributed by atoms with Gasteiger partial charge in [-0.05, 0) is 79.5 Å². The summed E-state index contributed by atoms with van der Waals surface area (Å²) in [7, 11) is 0. The van der Waals surface area contributed by atoms with Gasteiger partial charge < -0.3 is 0 Å². The molecular weight excluding hydrogens is 416 g/mol. The Kier molecular flexibility index (Phi) is 7.26. The standard InChI is InChI=1S/C23H27BrN2O2/c1-2-3-16-4-6-17(7-5-16)18-8-10-19(11-9-18)22(27)25-26-23(28)20-12-14-21(24)15-13-20/h8-17H,2-7H2,1H3,(H,25,27)(H,26,28). The largest absolute Gasteiger partial charge is 0.269 e. The second kappa shape index (κ2) is 9.87. The van der Waals surface area contributed by atoms with E-state index in [1.54, 1.807) is 24.3 Å². The molecule has 0 unspecified atom stereocenters. The van der Waals surface area contributed by atoms with Gasteiger partial charge in [-0.25, -0.2) is 0 Å². The lowest BCUT2D eigenvalue weighted by Crippen LogP contribution is -2.41. The van der Waals surface area contributed by atoms with Crippen LogP contribution in [0.4, 0.5) is 0 Å². The number of carbonyl (C=O) groups excluding carboxylic acids is 2. The van der Waals surface area contributed by atoms with E-state index in [1.807, 2.05) is 12.1 Å². The fourth-order valence-electron chi connectivity index (χ4n) is 3.96. The monoisotopic (exact) mass is 442 g/mol. The molecule has 1 aliphatic carbocycles. The number of rotatable bonds is 5. The third-order valence-corrected chi connectivity index (χ3v) is 6.11. The molecule has 2 N–H and O–H groups in total. The minimum atomic E-state index is -0.346. The van der Waals surface area contributed by atoms with Crippen molar-refractivity contribution in [3.63, 3.8) is 0 Å². The summed E-state index contributed by atoms with van der Waals surface area (Å²) < 4.78 is 0.895. The zero-order valence-electron chi connectivity index (χ0n) is 16.2. The average Bonchev–Trinajstić information content (AvgIpc) is 2.73. The Labute approximate surface area is 175 Å². The summed E-state index contributed by atoms with van der Waals surface area (Å²) in [6, 6.07) is 14.7. The van der Waals surface area contributed by atoms with Crippen LogP contribution in [0.15, 0.2) is 53.0 Å². The van der Waals surface area contributed by atoms with Crippen molar-refractivity contribution >= 4 is 27.7 Å². The lowest BCUT2D eigenvalue weighted by Gasteiger charge is -2.28. The van der Waals surface area contributed by atoms with Crippen molar-refractivity contribution in [1.29, 1.82) is 0 Å². The maximum atomic E-state index is 12.3. The number of carbonyl (C=O) groups is 2. The molecule has 5 heteroatoms. The van der Waals surface area contributed by atoms with Crippen molar-refractivity contribution in [1.82, 2.24) is 10.9 Å². The molecule has 0 aromatic heterocycles. The highest BCUT2D eigenvalue weighted by molar-refractivity contribution is 9.10. The van der Waals surface area contributed by atoms with Gasteiger partial charge in [0.1, 0.15) is 0 Å². The van der Waals surface area contributed by atoms with Gasteiger partial charge in [-0.1, -0.05) is 47.8 Å². The third kappa shape index (κ3) is 5.44. The average molecular weight is 443 g/mol. The Morgan fingerprint density at radius 1 is 0.857 bits per heavy atom. The normalized spacial score (nSPS) is 19.1. The second-order valence-corrected chi connectivity index (χ2v) is 8.46. The van der Waals surface area contributed by atoms with Crippen LogP contribution >= 0.6 is 15.9 Å². The summed E-state index contributed by atoms with van der Waals surface area (Å²) in [5, 5.41) is 0. The van der Waals surface area contributed by atoms with E-state index >= 15 is 0 Å². The molecule has 0 bridgehead atoms. The van der Waals surface area contributed by atoms with E-state index in [1.165, 1.54) is 44.1 Å². The van der Waals surface area contributed by atoms with Crippen LogP contribution in [0.2, 0.25) is 0 Å². The van der Waals surface area contributed by atoms with Crippen LogP contribution in [0, 0.1) is 5.92 Å². The molecule has 0 radical (unpaired) electrons. The van der Waals surface area contributed by atoms with E-state index in [0.29, 0.717) is 17.0 Å². The van der Waals surface area contributed by atoms with Crippen molar-refractivity contribution in [2.45, 2.75) is 51.4 Å². The molecule has 0 spiro atoms. The minimum Gasteiger partial charge on any atom is -0.267 e. The Morgan fingerprint density at radius 3 is 1.86 bits per heavy atom. The van der Waals surface area contributed by atoms with Gasteiger partial charge in [0, 0.05) is 15.6 Å². The van der Waals surface area contributed by atoms with Crippen molar-refractivity contribution in [2.75, 3.05) is 0 Å². The highest BCUT2D eigenvalue weighted by Crippen LogP contribution is 2.37. The van der Waals surface area contributed by atoms with Crippen LogP contribution in [-0.4, -0.2) is 11.8 Å². The first-order valence-electron chi connectivity index (χ1n) is 10.0. The van der Waals surface area contributed by atoms with Crippen molar-refractivity contribution in [3.8, 4) is 0 Å². The molecule has 2 amide bonds. The number of hydrogen-bond acceptors (Lipinski definition) is 2. The first kappa shape index (κ1) is 20.6. The van der Waals surface area contributed by atoms with Gasteiger partial charge >= 0.3 is 0 Å². The summed E-state index contributed by atoms with van der Waals surface area (Å²) in [6.07, 6.45) is 7.71. The molecule has 1 aliphatic rings.